The lowest BCUT2D eigenvalue weighted by Gasteiger charge is -2.11. The summed E-state index contributed by atoms with van der Waals surface area (Å²) in [4.78, 5) is 11.3. The summed E-state index contributed by atoms with van der Waals surface area (Å²) in [6, 6.07) is 7.28. The first-order valence-corrected chi connectivity index (χ1v) is 6.13. The van der Waals surface area contributed by atoms with E-state index in [-0.39, 0.29) is 12.5 Å². The van der Waals surface area contributed by atoms with E-state index < -0.39 is 0 Å². The molecule has 5 heteroatoms. The smallest absolute Gasteiger partial charge is 0.257 e. The van der Waals surface area contributed by atoms with Crippen molar-refractivity contribution in [1.82, 2.24) is 5.32 Å². The Kier molecular flexibility index (Phi) is 6.32. The van der Waals surface area contributed by atoms with Crippen LogP contribution >= 0.6 is 12.6 Å². The first-order chi connectivity index (χ1) is 8.27. The van der Waals surface area contributed by atoms with E-state index in [1.54, 1.807) is 6.07 Å². The molecule has 4 nitrogen and oxygen atoms in total. The number of para-hydroxylation sites is 2. The van der Waals surface area contributed by atoms with E-state index in [0.29, 0.717) is 30.4 Å². The number of carbonyl (C=O) groups excluding carboxylic acids is 1. The molecular weight excluding hydrogens is 238 g/mol. The zero-order valence-electron chi connectivity index (χ0n) is 9.81. The molecule has 94 valence electrons. The third kappa shape index (κ3) is 4.99. The molecule has 0 spiro atoms. The number of hydrogen-bond donors (Lipinski definition) is 2. The first kappa shape index (κ1) is 13.7. The minimum Gasteiger partial charge on any atom is -0.490 e. The highest BCUT2D eigenvalue weighted by Gasteiger charge is 2.06. The van der Waals surface area contributed by atoms with Crippen molar-refractivity contribution in [2.45, 2.75) is 6.92 Å². The Labute approximate surface area is 107 Å². The highest BCUT2D eigenvalue weighted by molar-refractivity contribution is 7.80. The maximum absolute atomic E-state index is 11.3. The molecule has 0 saturated carbocycles. The summed E-state index contributed by atoms with van der Waals surface area (Å²) in [5.74, 6) is 1.68. The number of nitrogens with one attached hydrogen (secondary N) is 1. The van der Waals surface area contributed by atoms with Gasteiger partial charge in [-0.05, 0) is 19.1 Å². The number of thiol groups is 1. The van der Waals surface area contributed by atoms with Crippen LogP contribution < -0.4 is 14.8 Å². The fraction of sp³-hybridized carbons (Fsp3) is 0.417. The van der Waals surface area contributed by atoms with E-state index in [4.69, 9.17) is 9.47 Å². The van der Waals surface area contributed by atoms with Crippen LogP contribution in [0.5, 0.6) is 11.5 Å². The van der Waals surface area contributed by atoms with Crippen molar-refractivity contribution in [1.29, 1.82) is 0 Å². The predicted molar refractivity (Wildman–Crippen MR) is 70.0 cm³/mol. The van der Waals surface area contributed by atoms with E-state index in [1.165, 1.54) is 0 Å². The molecule has 1 N–H and O–H groups in total. The molecule has 0 unspecified atom stereocenters. The number of rotatable bonds is 7. The summed E-state index contributed by atoms with van der Waals surface area (Å²) < 4.78 is 10.8. The third-order valence-electron chi connectivity index (χ3n) is 1.94. The Hall–Kier alpha value is -1.36. The average molecular weight is 255 g/mol. The second-order valence-electron chi connectivity index (χ2n) is 3.24. The van der Waals surface area contributed by atoms with Gasteiger partial charge in [-0.3, -0.25) is 4.79 Å². The average Bonchev–Trinajstić information content (AvgIpc) is 2.35. The largest absolute Gasteiger partial charge is 0.490 e. The zero-order valence-corrected chi connectivity index (χ0v) is 10.7. The lowest BCUT2D eigenvalue weighted by molar-refractivity contribution is -0.122. The van der Waals surface area contributed by atoms with Crippen LogP contribution in [0.1, 0.15) is 6.92 Å². The Morgan fingerprint density at radius 1 is 1.29 bits per heavy atom. The molecule has 0 aliphatic heterocycles. The second kappa shape index (κ2) is 7.84. The number of carbonyl (C=O) groups is 1. The van der Waals surface area contributed by atoms with E-state index in [1.807, 2.05) is 25.1 Å². The summed E-state index contributed by atoms with van der Waals surface area (Å²) in [5, 5.41) is 2.67. The van der Waals surface area contributed by atoms with E-state index in [0.717, 1.165) is 0 Å². The molecule has 0 fully saturated rings. The van der Waals surface area contributed by atoms with Gasteiger partial charge >= 0.3 is 0 Å². The van der Waals surface area contributed by atoms with Crippen LogP contribution in [0, 0.1) is 0 Å². The molecule has 1 amide bonds. The summed E-state index contributed by atoms with van der Waals surface area (Å²) in [6.45, 7) is 2.98. The van der Waals surface area contributed by atoms with Gasteiger partial charge in [0.1, 0.15) is 0 Å². The standard InChI is InChI=1S/C12H17NO3S/c1-2-15-10-5-3-4-6-11(10)16-9-12(14)13-7-8-17/h3-6,17H,2,7-9H2,1H3,(H,13,14). The summed E-state index contributed by atoms with van der Waals surface area (Å²) in [6.07, 6.45) is 0. The Morgan fingerprint density at radius 3 is 2.53 bits per heavy atom. The predicted octanol–water partition coefficient (Wildman–Crippen LogP) is 1.51. The van der Waals surface area contributed by atoms with Gasteiger partial charge in [-0.15, -0.1) is 0 Å². The minimum atomic E-state index is -0.162. The van der Waals surface area contributed by atoms with Crippen molar-refractivity contribution in [2.24, 2.45) is 0 Å². The normalized spacial score (nSPS) is 9.76. The van der Waals surface area contributed by atoms with Gasteiger partial charge in [0.15, 0.2) is 18.1 Å². The third-order valence-corrected chi connectivity index (χ3v) is 2.17. The van der Waals surface area contributed by atoms with Gasteiger partial charge in [-0.25, -0.2) is 0 Å². The monoisotopic (exact) mass is 255 g/mol. The van der Waals surface area contributed by atoms with Gasteiger partial charge < -0.3 is 14.8 Å². The molecule has 0 heterocycles. The van der Waals surface area contributed by atoms with Crippen LogP contribution in [0.2, 0.25) is 0 Å². The second-order valence-corrected chi connectivity index (χ2v) is 3.69. The molecule has 0 aliphatic carbocycles. The molecule has 0 aromatic heterocycles. The highest BCUT2D eigenvalue weighted by Crippen LogP contribution is 2.25. The van der Waals surface area contributed by atoms with Crippen molar-refractivity contribution in [2.75, 3.05) is 25.5 Å². The zero-order chi connectivity index (χ0) is 12.5. The molecule has 0 radical (unpaired) electrons. The van der Waals surface area contributed by atoms with Crippen LogP contribution in [-0.4, -0.2) is 31.4 Å². The molecule has 0 saturated heterocycles. The summed E-state index contributed by atoms with van der Waals surface area (Å²) in [5.41, 5.74) is 0. The highest BCUT2D eigenvalue weighted by atomic mass is 32.1. The van der Waals surface area contributed by atoms with Gasteiger partial charge in [0.2, 0.25) is 0 Å². The van der Waals surface area contributed by atoms with Crippen molar-refractivity contribution in [3.05, 3.63) is 24.3 Å². The lowest BCUT2D eigenvalue weighted by Crippen LogP contribution is -2.30. The van der Waals surface area contributed by atoms with Gasteiger partial charge in [0, 0.05) is 12.3 Å². The molecular formula is C12H17NO3S. The minimum absolute atomic E-state index is 0.0160. The van der Waals surface area contributed by atoms with Crippen LogP contribution in [-0.2, 0) is 4.79 Å². The van der Waals surface area contributed by atoms with Crippen LogP contribution in [0.3, 0.4) is 0 Å². The van der Waals surface area contributed by atoms with Crippen LogP contribution in [0.25, 0.3) is 0 Å². The van der Waals surface area contributed by atoms with Gasteiger partial charge in [0.25, 0.3) is 5.91 Å². The molecule has 1 rings (SSSR count). The molecule has 0 aliphatic rings. The Morgan fingerprint density at radius 2 is 1.94 bits per heavy atom. The van der Waals surface area contributed by atoms with Crippen LogP contribution in [0.4, 0.5) is 0 Å². The fourth-order valence-electron chi connectivity index (χ4n) is 1.23. The number of ether oxygens (including phenoxy) is 2. The number of benzene rings is 1. The number of amides is 1. The Balaban J connectivity index is 2.47. The fourth-order valence-corrected chi connectivity index (χ4v) is 1.35. The number of hydrogen-bond acceptors (Lipinski definition) is 4. The summed E-state index contributed by atoms with van der Waals surface area (Å²) >= 11 is 4.00. The molecule has 1 aromatic carbocycles. The lowest BCUT2D eigenvalue weighted by atomic mass is 10.3. The van der Waals surface area contributed by atoms with Crippen LogP contribution in [0.15, 0.2) is 24.3 Å². The molecule has 0 atom stereocenters. The van der Waals surface area contributed by atoms with Gasteiger partial charge in [0.05, 0.1) is 6.61 Å². The quantitative estimate of drug-likeness (QED) is 0.726. The molecule has 1 aromatic rings. The van der Waals surface area contributed by atoms with Gasteiger partial charge in [-0.1, -0.05) is 12.1 Å². The maximum Gasteiger partial charge on any atom is 0.257 e. The summed E-state index contributed by atoms with van der Waals surface area (Å²) in [7, 11) is 0. The van der Waals surface area contributed by atoms with E-state index >= 15 is 0 Å². The maximum atomic E-state index is 11.3. The topological polar surface area (TPSA) is 47.6 Å². The molecule has 17 heavy (non-hydrogen) atoms. The first-order valence-electron chi connectivity index (χ1n) is 5.50. The van der Waals surface area contributed by atoms with Crippen molar-refractivity contribution >= 4 is 18.5 Å². The van der Waals surface area contributed by atoms with Gasteiger partial charge in [-0.2, -0.15) is 12.6 Å². The Bertz CT molecular complexity index is 357. The van der Waals surface area contributed by atoms with Crippen molar-refractivity contribution in [3.63, 3.8) is 0 Å². The van der Waals surface area contributed by atoms with E-state index in [9.17, 15) is 4.79 Å². The van der Waals surface area contributed by atoms with Crippen molar-refractivity contribution < 1.29 is 14.3 Å². The SMILES string of the molecule is CCOc1ccccc1OCC(=O)NCCS. The van der Waals surface area contributed by atoms with Crippen molar-refractivity contribution in [3.8, 4) is 11.5 Å². The van der Waals surface area contributed by atoms with E-state index in [2.05, 4.69) is 17.9 Å². The molecule has 0 bridgehead atoms.